The second-order valence-electron chi connectivity index (χ2n) is 6.02. The molecule has 140 valence electrons. The zero-order valence-corrected chi connectivity index (χ0v) is 16.7. The zero-order valence-electron chi connectivity index (χ0n) is 15.1. The molecule has 1 amide bonds. The second-order valence-corrected chi connectivity index (χ2v) is 8.23. The number of nitrogens with one attached hydrogen (secondary N) is 1. The number of carbonyl (C=O) groups excluding carboxylic acids is 1. The summed E-state index contributed by atoms with van der Waals surface area (Å²) in [5.41, 5.74) is 1.09. The van der Waals surface area contributed by atoms with E-state index >= 15 is 0 Å². The van der Waals surface area contributed by atoms with Crippen LogP contribution in [0.25, 0.3) is 10.2 Å². The van der Waals surface area contributed by atoms with E-state index in [1.165, 1.54) is 28.7 Å². The molecule has 0 spiro atoms. The van der Waals surface area contributed by atoms with Crippen molar-refractivity contribution in [3.63, 3.8) is 0 Å². The monoisotopic (exact) mass is 399 g/mol. The second kappa shape index (κ2) is 9.01. The fourth-order valence-electron chi connectivity index (χ4n) is 2.64. The van der Waals surface area contributed by atoms with Crippen molar-refractivity contribution in [1.82, 2.24) is 14.9 Å². The van der Waals surface area contributed by atoms with E-state index in [9.17, 15) is 9.59 Å². The number of aromatic nitrogens is 2. The lowest BCUT2D eigenvalue weighted by atomic mass is 10.1. The maximum absolute atomic E-state index is 12.6. The fourth-order valence-corrected chi connectivity index (χ4v) is 4.39. The van der Waals surface area contributed by atoms with Gasteiger partial charge in [-0.25, -0.2) is 4.98 Å². The highest BCUT2D eigenvalue weighted by atomic mass is 32.2. The average molecular weight is 400 g/mol. The average Bonchev–Trinajstić information content (AvgIpc) is 3.14. The van der Waals surface area contributed by atoms with Crippen LogP contribution in [0.5, 0.6) is 0 Å². The van der Waals surface area contributed by atoms with Crippen molar-refractivity contribution < 1.29 is 4.79 Å². The van der Waals surface area contributed by atoms with Crippen LogP contribution in [-0.2, 0) is 17.8 Å². The first-order valence-corrected chi connectivity index (χ1v) is 10.4. The maximum Gasteiger partial charge on any atom is 0.263 e. The van der Waals surface area contributed by atoms with Gasteiger partial charge in [0.2, 0.25) is 5.91 Å². The van der Waals surface area contributed by atoms with E-state index in [-0.39, 0.29) is 16.7 Å². The number of hydrogen-bond acceptors (Lipinski definition) is 5. The first kappa shape index (κ1) is 19.4. The molecule has 0 aliphatic rings. The van der Waals surface area contributed by atoms with Gasteiger partial charge in [-0.2, -0.15) is 0 Å². The van der Waals surface area contributed by atoms with Gasteiger partial charge in [0.05, 0.1) is 10.6 Å². The number of hydrogen-bond donors (Lipinski definition) is 1. The smallest absolute Gasteiger partial charge is 0.263 e. The molecule has 1 aromatic carbocycles. The maximum atomic E-state index is 12.6. The summed E-state index contributed by atoms with van der Waals surface area (Å²) in [5.74, 6) is -0.0680. The molecule has 0 saturated heterocycles. The normalized spacial score (nSPS) is 12.0. The summed E-state index contributed by atoms with van der Waals surface area (Å²) in [6.07, 6.45) is 2.44. The van der Waals surface area contributed by atoms with E-state index in [1.54, 1.807) is 16.7 Å². The van der Waals surface area contributed by atoms with Crippen LogP contribution in [0.4, 0.5) is 0 Å². The van der Waals surface area contributed by atoms with Crippen LogP contribution in [-0.4, -0.2) is 27.3 Å². The highest BCUT2D eigenvalue weighted by molar-refractivity contribution is 8.00. The van der Waals surface area contributed by atoms with Crippen molar-refractivity contribution in [3.8, 4) is 0 Å². The van der Waals surface area contributed by atoms with E-state index in [1.807, 2.05) is 42.6 Å². The molecule has 0 aliphatic carbocycles. The van der Waals surface area contributed by atoms with Gasteiger partial charge in [-0.05, 0) is 30.4 Å². The SMILES string of the molecule is C=CCn1c(SC(C)C(=O)NCCc2ccccc2)nc2sccc2c1=O. The lowest BCUT2D eigenvalue weighted by Gasteiger charge is -2.15. The molecule has 0 bridgehead atoms. The molecule has 5 nitrogen and oxygen atoms in total. The van der Waals surface area contributed by atoms with Crippen LogP contribution in [0.1, 0.15) is 12.5 Å². The Morgan fingerprint density at radius 1 is 1.37 bits per heavy atom. The largest absolute Gasteiger partial charge is 0.355 e. The number of benzene rings is 1. The van der Waals surface area contributed by atoms with Crippen LogP contribution >= 0.6 is 23.1 Å². The molecule has 0 aliphatic heterocycles. The van der Waals surface area contributed by atoms with E-state index < -0.39 is 0 Å². The van der Waals surface area contributed by atoms with Crippen molar-refractivity contribution in [2.24, 2.45) is 0 Å². The summed E-state index contributed by atoms with van der Waals surface area (Å²) in [6.45, 7) is 6.48. The Bertz CT molecular complexity index is 995. The Balaban J connectivity index is 1.68. The lowest BCUT2D eigenvalue weighted by molar-refractivity contribution is -0.120. The number of allylic oxidation sites excluding steroid dienone is 1. The minimum atomic E-state index is -0.360. The van der Waals surface area contributed by atoms with Crippen molar-refractivity contribution in [3.05, 3.63) is 70.4 Å². The molecule has 2 heterocycles. The molecule has 0 radical (unpaired) electrons. The van der Waals surface area contributed by atoms with Crippen LogP contribution in [0, 0.1) is 0 Å². The standard InChI is InChI=1S/C20H21N3O2S2/c1-3-12-23-19(25)16-10-13-26-18(16)22-20(23)27-14(2)17(24)21-11-9-15-7-5-4-6-8-15/h3-8,10,13-14H,1,9,11-12H2,2H3,(H,21,24). The van der Waals surface area contributed by atoms with Gasteiger partial charge >= 0.3 is 0 Å². The number of thioether (sulfide) groups is 1. The van der Waals surface area contributed by atoms with E-state index in [2.05, 4.69) is 16.9 Å². The van der Waals surface area contributed by atoms with Crippen LogP contribution in [0.2, 0.25) is 0 Å². The number of nitrogens with zero attached hydrogens (tertiary/aromatic N) is 2. The van der Waals surface area contributed by atoms with Gasteiger partial charge in [0.15, 0.2) is 5.16 Å². The summed E-state index contributed by atoms with van der Waals surface area (Å²) in [5, 5.41) is 5.59. The Kier molecular flexibility index (Phi) is 6.47. The number of rotatable bonds is 8. The molecular formula is C20H21N3O2S2. The van der Waals surface area contributed by atoms with Crippen LogP contribution in [0.3, 0.4) is 0 Å². The lowest BCUT2D eigenvalue weighted by Crippen LogP contribution is -2.33. The van der Waals surface area contributed by atoms with Gasteiger partial charge in [-0.3, -0.25) is 14.2 Å². The van der Waals surface area contributed by atoms with E-state index in [0.29, 0.717) is 28.5 Å². The van der Waals surface area contributed by atoms with E-state index in [0.717, 1.165) is 6.42 Å². The van der Waals surface area contributed by atoms with Crippen LogP contribution < -0.4 is 10.9 Å². The van der Waals surface area contributed by atoms with Gasteiger partial charge in [0.1, 0.15) is 4.83 Å². The first-order valence-electron chi connectivity index (χ1n) is 8.67. The van der Waals surface area contributed by atoms with Gasteiger partial charge in [-0.15, -0.1) is 17.9 Å². The van der Waals surface area contributed by atoms with E-state index in [4.69, 9.17) is 0 Å². The predicted molar refractivity (Wildman–Crippen MR) is 113 cm³/mol. The minimum Gasteiger partial charge on any atom is -0.355 e. The zero-order chi connectivity index (χ0) is 19.2. The Labute approximate surface area is 166 Å². The molecular weight excluding hydrogens is 378 g/mol. The Morgan fingerprint density at radius 2 is 2.15 bits per heavy atom. The predicted octanol–water partition coefficient (Wildman–Crippen LogP) is 3.48. The van der Waals surface area contributed by atoms with Gasteiger partial charge < -0.3 is 5.32 Å². The third-order valence-corrected chi connectivity index (χ3v) is 5.96. The van der Waals surface area contributed by atoms with Gasteiger partial charge in [-0.1, -0.05) is 48.2 Å². The van der Waals surface area contributed by atoms with Gasteiger partial charge in [0.25, 0.3) is 5.56 Å². The third kappa shape index (κ3) is 4.67. The van der Waals surface area contributed by atoms with Crippen molar-refractivity contribution in [2.45, 2.75) is 30.3 Å². The number of thiophene rings is 1. The number of amides is 1. The Hall–Kier alpha value is -2.38. The quantitative estimate of drug-likeness (QED) is 0.358. The minimum absolute atomic E-state index is 0.0680. The van der Waals surface area contributed by atoms with Crippen molar-refractivity contribution in [1.29, 1.82) is 0 Å². The molecule has 3 rings (SSSR count). The number of fused-ring (bicyclic) bond motifs is 1. The summed E-state index contributed by atoms with van der Waals surface area (Å²) >= 11 is 2.72. The third-order valence-electron chi connectivity index (χ3n) is 4.07. The molecule has 7 heteroatoms. The first-order chi connectivity index (χ1) is 13.1. The summed E-state index contributed by atoms with van der Waals surface area (Å²) in [6, 6.07) is 11.8. The molecule has 2 aromatic heterocycles. The van der Waals surface area contributed by atoms with Crippen molar-refractivity contribution in [2.75, 3.05) is 6.54 Å². The summed E-state index contributed by atoms with van der Waals surface area (Å²) in [7, 11) is 0. The summed E-state index contributed by atoms with van der Waals surface area (Å²) in [4.78, 5) is 30.4. The van der Waals surface area contributed by atoms with Gasteiger partial charge in [0, 0.05) is 13.1 Å². The molecule has 0 fully saturated rings. The molecule has 3 aromatic rings. The fraction of sp³-hybridized carbons (Fsp3) is 0.250. The van der Waals surface area contributed by atoms with Crippen LogP contribution in [0.15, 0.2) is 64.4 Å². The molecule has 1 N–H and O–H groups in total. The highest BCUT2D eigenvalue weighted by Gasteiger charge is 2.19. The molecule has 0 saturated carbocycles. The number of carbonyl (C=O) groups is 1. The molecule has 27 heavy (non-hydrogen) atoms. The topological polar surface area (TPSA) is 64.0 Å². The van der Waals surface area contributed by atoms with Crippen molar-refractivity contribution >= 4 is 39.2 Å². The molecule has 1 atom stereocenters. The Morgan fingerprint density at radius 3 is 2.89 bits per heavy atom. The molecule has 1 unspecified atom stereocenters. The summed E-state index contributed by atoms with van der Waals surface area (Å²) < 4.78 is 1.57. The highest BCUT2D eigenvalue weighted by Crippen LogP contribution is 2.24.